The Bertz CT molecular complexity index is 1170. The molecule has 0 saturated carbocycles. The number of nitrogens with one attached hydrogen (secondary N) is 1. The van der Waals surface area contributed by atoms with E-state index in [2.05, 4.69) is 17.1 Å². The second-order valence-electron chi connectivity index (χ2n) is 10.2. The molecule has 2 aromatic rings. The molecule has 3 heterocycles. The number of ether oxygens (including phenoxy) is 1. The van der Waals surface area contributed by atoms with Crippen molar-refractivity contribution in [2.24, 2.45) is 5.92 Å². The number of pyridine rings is 1. The van der Waals surface area contributed by atoms with Crippen LogP contribution in [0.1, 0.15) is 73.0 Å². The first-order valence-electron chi connectivity index (χ1n) is 12.9. The van der Waals surface area contributed by atoms with E-state index in [-0.39, 0.29) is 11.8 Å². The summed E-state index contributed by atoms with van der Waals surface area (Å²) in [5, 5.41) is 2.84. The van der Waals surface area contributed by atoms with Gasteiger partial charge in [-0.25, -0.2) is 4.98 Å². The number of hydrogen-bond acceptors (Lipinski definition) is 4. The number of halogens is 3. The lowest BCUT2D eigenvalue weighted by molar-refractivity contribution is -0.139. The Morgan fingerprint density at radius 2 is 1.86 bits per heavy atom. The molecule has 5 rings (SSSR count). The van der Waals surface area contributed by atoms with Crippen molar-refractivity contribution in [3.63, 3.8) is 0 Å². The number of aromatic nitrogens is 1. The Morgan fingerprint density at radius 1 is 1.11 bits per heavy atom. The van der Waals surface area contributed by atoms with Gasteiger partial charge >= 0.3 is 6.18 Å². The van der Waals surface area contributed by atoms with Crippen LogP contribution in [0, 0.1) is 12.8 Å². The minimum atomic E-state index is -4.22. The van der Waals surface area contributed by atoms with E-state index in [1.54, 1.807) is 13.0 Å². The van der Waals surface area contributed by atoms with Crippen LogP contribution in [-0.4, -0.2) is 34.3 Å². The molecule has 37 heavy (non-hydrogen) atoms. The zero-order valence-corrected chi connectivity index (χ0v) is 21.6. The summed E-state index contributed by atoms with van der Waals surface area (Å²) in [6.07, 6.45) is 1.60. The van der Waals surface area contributed by atoms with Gasteiger partial charge in [-0.1, -0.05) is 23.8 Å². The molecule has 1 aromatic heterocycles. The number of nitrogens with zero attached hydrogens (tertiary/aromatic N) is 2. The Kier molecular flexibility index (Phi) is 8.21. The molecule has 9 heteroatoms. The zero-order valence-electron chi connectivity index (χ0n) is 21.6. The zero-order chi connectivity index (χ0) is 26.7. The molecule has 6 nitrogen and oxygen atoms in total. The molecule has 0 bridgehead atoms. The van der Waals surface area contributed by atoms with Gasteiger partial charge in [0.2, 0.25) is 11.8 Å². The highest BCUT2D eigenvalue weighted by atomic mass is 19.4. The average Bonchev–Trinajstić information content (AvgIpc) is 3.34. The first kappa shape index (κ1) is 27.1. The Labute approximate surface area is 215 Å². The number of anilines is 1. The fraction of sp³-hybridized carbons (Fsp3) is 0.536. The summed E-state index contributed by atoms with van der Waals surface area (Å²) in [7, 11) is 0. The lowest BCUT2D eigenvalue weighted by Gasteiger charge is -2.37. The number of carbonyl (C=O) groups is 2. The van der Waals surface area contributed by atoms with Crippen molar-refractivity contribution in [2.45, 2.75) is 84.7 Å². The normalized spacial score (nSPS) is 20.9. The van der Waals surface area contributed by atoms with E-state index < -0.39 is 11.7 Å². The first-order valence-corrected chi connectivity index (χ1v) is 12.9. The third-order valence-electron chi connectivity index (χ3n) is 7.36. The molecule has 0 spiro atoms. The van der Waals surface area contributed by atoms with Gasteiger partial charge in [-0.15, -0.1) is 0 Å². The van der Waals surface area contributed by atoms with E-state index in [4.69, 9.17) is 9.72 Å². The maximum atomic E-state index is 13.1. The fourth-order valence-electron chi connectivity index (χ4n) is 5.42. The molecular weight excluding hydrogens is 483 g/mol. The number of rotatable bonds is 2. The largest absolute Gasteiger partial charge is 0.416 e. The number of amides is 2. The van der Waals surface area contributed by atoms with Crippen LogP contribution >= 0.6 is 0 Å². The molecule has 0 radical (unpaired) electrons. The van der Waals surface area contributed by atoms with E-state index in [1.165, 1.54) is 25.0 Å². The molecule has 2 atom stereocenters. The van der Waals surface area contributed by atoms with Gasteiger partial charge in [0.05, 0.1) is 18.8 Å². The second kappa shape index (κ2) is 11.2. The number of benzene rings is 1. The van der Waals surface area contributed by atoms with Crippen LogP contribution in [0.2, 0.25) is 0 Å². The smallest absolute Gasteiger partial charge is 0.372 e. The van der Waals surface area contributed by atoms with E-state index in [9.17, 15) is 22.8 Å². The summed E-state index contributed by atoms with van der Waals surface area (Å²) < 4.78 is 41.5. The number of fused-ring (bicyclic) bond motifs is 3. The van der Waals surface area contributed by atoms with E-state index in [0.717, 1.165) is 67.6 Å². The van der Waals surface area contributed by atoms with Crippen LogP contribution in [-0.2, 0) is 46.6 Å². The van der Waals surface area contributed by atoms with Gasteiger partial charge in [0.25, 0.3) is 0 Å². The van der Waals surface area contributed by atoms with Crippen LogP contribution in [0.15, 0.2) is 24.3 Å². The van der Waals surface area contributed by atoms with Crippen LogP contribution in [0.5, 0.6) is 0 Å². The third-order valence-corrected chi connectivity index (χ3v) is 7.36. The van der Waals surface area contributed by atoms with Gasteiger partial charge in [0, 0.05) is 36.7 Å². The summed E-state index contributed by atoms with van der Waals surface area (Å²) in [6.45, 7) is 7.22. The standard InChI is InChI=1S/C20H27N3O3.C8H7F3/c1-12-5-3-4-8-23(12)20(25)14-6-7-18-15(9-14)16-10-26-11-17(16)19(22-18)21-13(2)24;1-6-3-2-4-7(5-6)8(9,10)11/h12,14H,3-11H2,1-2H3,(H,21,22,24);2-5H,1H3/t12-,14?;/m1./s1. The highest BCUT2D eigenvalue weighted by Crippen LogP contribution is 2.37. The van der Waals surface area contributed by atoms with Gasteiger partial charge in [0.1, 0.15) is 5.82 Å². The van der Waals surface area contributed by atoms with E-state index in [1.807, 2.05) is 0 Å². The quantitative estimate of drug-likeness (QED) is 0.564. The number of carbonyl (C=O) groups excluding carboxylic acids is 2. The average molecular weight is 518 g/mol. The number of alkyl halides is 3. The predicted molar refractivity (Wildman–Crippen MR) is 134 cm³/mol. The van der Waals surface area contributed by atoms with Crippen LogP contribution in [0.4, 0.5) is 19.0 Å². The minimum absolute atomic E-state index is 0.0427. The Hall–Kier alpha value is -2.94. The Morgan fingerprint density at radius 3 is 2.51 bits per heavy atom. The van der Waals surface area contributed by atoms with Gasteiger partial charge in [-0.2, -0.15) is 13.2 Å². The summed E-state index contributed by atoms with van der Waals surface area (Å²) in [4.78, 5) is 31.4. The minimum Gasteiger partial charge on any atom is -0.372 e. The van der Waals surface area contributed by atoms with Crippen LogP contribution in [0.3, 0.4) is 0 Å². The molecule has 2 amide bonds. The van der Waals surface area contributed by atoms with Gasteiger partial charge in [-0.05, 0) is 69.6 Å². The maximum Gasteiger partial charge on any atom is 0.416 e. The van der Waals surface area contributed by atoms with Gasteiger partial charge in [-0.3, -0.25) is 9.59 Å². The molecule has 1 aliphatic carbocycles. The number of aryl methyl sites for hydroxylation is 2. The molecule has 1 saturated heterocycles. The van der Waals surface area contributed by atoms with Crippen molar-refractivity contribution in [1.29, 1.82) is 0 Å². The maximum absolute atomic E-state index is 13.1. The van der Waals surface area contributed by atoms with Crippen molar-refractivity contribution in [1.82, 2.24) is 9.88 Å². The fourth-order valence-corrected chi connectivity index (χ4v) is 5.42. The number of likely N-dealkylation sites (tertiary alicyclic amines) is 1. The predicted octanol–water partition coefficient (Wildman–Crippen LogP) is 5.59. The second-order valence-corrected chi connectivity index (χ2v) is 10.2. The van der Waals surface area contributed by atoms with Crippen molar-refractivity contribution in [2.75, 3.05) is 11.9 Å². The lowest BCUT2D eigenvalue weighted by atomic mass is 9.82. The number of piperidine rings is 1. The molecule has 1 fully saturated rings. The van der Waals surface area contributed by atoms with Crippen molar-refractivity contribution >= 4 is 17.6 Å². The molecule has 2 aliphatic heterocycles. The van der Waals surface area contributed by atoms with E-state index >= 15 is 0 Å². The summed E-state index contributed by atoms with van der Waals surface area (Å²) in [5.74, 6) is 0.871. The van der Waals surface area contributed by atoms with Crippen molar-refractivity contribution in [3.05, 3.63) is 57.8 Å². The van der Waals surface area contributed by atoms with Gasteiger partial charge in [0.15, 0.2) is 0 Å². The van der Waals surface area contributed by atoms with E-state index in [0.29, 0.717) is 36.5 Å². The highest BCUT2D eigenvalue weighted by Gasteiger charge is 2.35. The first-order chi connectivity index (χ1) is 17.5. The lowest BCUT2D eigenvalue weighted by Crippen LogP contribution is -2.46. The molecule has 200 valence electrons. The molecule has 1 aromatic carbocycles. The van der Waals surface area contributed by atoms with Gasteiger partial charge < -0.3 is 15.0 Å². The molecule has 3 aliphatic rings. The number of hydrogen-bond donors (Lipinski definition) is 1. The molecule has 1 N–H and O–H groups in total. The SMILES string of the molecule is CC(=O)Nc1nc2c(c3c1COC3)CC(C(=O)N1CCCC[C@H]1C)CC2.Cc1cccc(C(F)(F)F)c1. The van der Waals surface area contributed by atoms with Crippen LogP contribution < -0.4 is 5.32 Å². The molecule has 1 unspecified atom stereocenters. The van der Waals surface area contributed by atoms with Crippen LogP contribution in [0.25, 0.3) is 0 Å². The molecular formula is C28H34F3N3O3. The Balaban J connectivity index is 0.000000245. The monoisotopic (exact) mass is 517 g/mol. The third kappa shape index (κ3) is 6.32. The van der Waals surface area contributed by atoms with Crippen molar-refractivity contribution in [3.8, 4) is 0 Å². The summed E-state index contributed by atoms with van der Waals surface area (Å²) in [6, 6.07) is 5.58. The topological polar surface area (TPSA) is 71.5 Å². The highest BCUT2D eigenvalue weighted by molar-refractivity contribution is 5.89. The summed E-state index contributed by atoms with van der Waals surface area (Å²) >= 11 is 0. The van der Waals surface area contributed by atoms with Crippen molar-refractivity contribution < 1.29 is 27.5 Å². The summed E-state index contributed by atoms with van der Waals surface area (Å²) in [5.41, 5.74) is 4.37.